The first-order chi connectivity index (χ1) is 12.6. The molecule has 3 rings (SSSR count). The van der Waals surface area contributed by atoms with Crippen molar-refractivity contribution in [2.24, 2.45) is 5.10 Å². The average molecular weight is 388 g/mol. The van der Waals surface area contributed by atoms with Crippen LogP contribution in [0.25, 0.3) is 5.69 Å². The molecule has 0 atom stereocenters. The van der Waals surface area contributed by atoms with Crippen molar-refractivity contribution in [2.75, 3.05) is 6.61 Å². The summed E-state index contributed by atoms with van der Waals surface area (Å²) >= 11 is 11.9. The van der Waals surface area contributed by atoms with Crippen LogP contribution in [0.3, 0.4) is 0 Å². The molecule has 0 spiro atoms. The number of nitrogens with one attached hydrogen (secondary N) is 1. The zero-order chi connectivity index (χ0) is 18.4. The number of benzene rings is 2. The van der Waals surface area contributed by atoms with Crippen molar-refractivity contribution in [3.63, 3.8) is 0 Å². The van der Waals surface area contributed by atoms with Gasteiger partial charge in [0, 0.05) is 16.9 Å². The van der Waals surface area contributed by atoms with Gasteiger partial charge in [0.15, 0.2) is 6.61 Å². The van der Waals surface area contributed by atoms with Crippen molar-refractivity contribution >= 4 is 35.3 Å². The molecule has 26 heavy (non-hydrogen) atoms. The molecule has 0 fully saturated rings. The van der Waals surface area contributed by atoms with Gasteiger partial charge in [-0.25, -0.2) is 5.43 Å². The highest BCUT2D eigenvalue weighted by molar-refractivity contribution is 6.32. The number of hydrazone groups is 1. The average Bonchev–Trinajstić information content (AvgIpc) is 3.10. The summed E-state index contributed by atoms with van der Waals surface area (Å²) < 4.78 is 7.28. The van der Waals surface area contributed by atoms with Gasteiger partial charge >= 0.3 is 0 Å². The highest BCUT2D eigenvalue weighted by Crippen LogP contribution is 2.22. The van der Waals surface area contributed by atoms with E-state index in [9.17, 15) is 4.79 Å². The lowest BCUT2D eigenvalue weighted by Gasteiger charge is -2.07. The van der Waals surface area contributed by atoms with E-state index < -0.39 is 0 Å². The molecule has 0 aliphatic rings. The van der Waals surface area contributed by atoms with Crippen LogP contribution in [0.2, 0.25) is 10.0 Å². The van der Waals surface area contributed by atoms with E-state index in [0.717, 1.165) is 11.4 Å². The summed E-state index contributed by atoms with van der Waals surface area (Å²) in [4.78, 5) is 11.8. The Labute approximate surface area is 160 Å². The van der Waals surface area contributed by atoms with Crippen LogP contribution >= 0.6 is 23.2 Å². The van der Waals surface area contributed by atoms with Gasteiger partial charge in [-0.2, -0.15) is 5.10 Å². The van der Waals surface area contributed by atoms with Crippen LogP contribution in [0.4, 0.5) is 0 Å². The van der Waals surface area contributed by atoms with Crippen molar-refractivity contribution in [1.82, 2.24) is 9.99 Å². The Balaban J connectivity index is 1.57. The molecule has 132 valence electrons. The Kier molecular flexibility index (Phi) is 5.94. The number of aromatic nitrogens is 1. The van der Waals surface area contributed by atoms with Crippen LogP contribution in [-0.4, -0.2) is 23.3 Å². The van der Waals surface area contributed by atoms with Crippen molar-refractivity contribution in [3.8, 4) is 11.4 Å². The lowest BCUT2D eigenvalue weighted by atomic mass is 10.3. The van der Waals surface area contributed by atoms with Crippen molar-refractivity contribution in [2.45, 2.75) is 0 Å². The summed E-state index contributed by atoms with van der Waals surface area (Å²) in [5, 5.41) is 5.08. The fourth-order valence-corrected chi connectivity index (χ4v) is 2.56. The van der Waals surface area contributed by atoms with Gasteiger partial charge in [-0.15, -0.1) is 0 Å². The van der Waals surface area contributed by atoms with Gasteiger partial charge in [0.1, 0.15) is 5.75 Å². The molecule has 1 heterocycles. The number of para-hydroxylation sites is 1. The highest BCUT2D eigenvalue weighted by Gasteiger charge is 2.05. The van der Waals surface area contributed by atoms with Crippen LogP contribution in [0.1, 0.15) is 5.69 Å². The van der Waals surface area contributed by atoms with Gasteiger partial charge in [0.05, 0.1) is 16.9 Å². The maximum absolute atomic E-state index is 11.8. The number of carbonyl (C=O) groups is 1. The first-order valence-corrected chi connectivity index (χ1v) is 8.51. The molecule has 3 aromatic rings. The number of ether oxygens (including phenoxy) is 1. The Bertz CT molecular complexity index is 921. The number of hydrogen-bond donors (Lipinski definition) is 1. The second-order valence-electron chi connectivity index (χ2n) is 5.29. The minimum absolute atomic E-state index is 0.181. The van der Waals surface area contributed by atoms with Gasteiger partial charge in [-0.3, -0.25) is 4.79 Å². The number of hydrogen-bond acceptors (Lipinski definition) is 3. The number of carbonyl (C=O) groups excluding carboxylic acids is 1. The van der Waals surface area contributed by atoms with Gasteiger partial charge in [0.25, 0.3) is 5.91 Å². The van der Waals surface area contributed by atoms with E-state index in [1.54, 1.807) is 30.5 Å². The molecule has 2 aromatic carbocycles. The third kappa shape index (κ3) is 4.65. The predicted octanol–water partition coefficient (Wildman–Crippen LogP) is 4.31. The summed E-state index contributed by atoms with van der Waals surface area (Å²) in [6.45, 7) is -0.181. The van der Waals surface area contributed by atoms with Gasteiger partial charge in [0.2, 0.25) is 0 Å². The SMILES string of the molecule is O=C(COc1ccccc1Cl)N/N=C/c1cccn1-c1ccc(Cl)cc1. The Hall–Kier alpha value is -2.76. The minimum atomic E-state index is -0.384. The fourth-order valence-electron chi connectivity index (χ4n) is 2.24. The second kappa shape index (κ2) is 8.56. The molecular formula is C19H15Cl2N3O2. The van der Waals surface area contributed by atoms with Gasteiger partial charge in [-0.1, -0.05) is 35.3 Å². The molecule has 1 amide bonds. The fraction of sp³-hybridized carbons (Fsp3) is 0.0526. The molecule has 0 aliphatic carbocycles. The molecule has 0 aliphatic heterocycles. The number of amides is 1. The minimum Gasteiger partial charge on any atom is -0.482 e. The van der Waals surface area contributed by atoms with E-state index in [0.29, 0.717) is 15.8 Å². The lowest BCUT2D eigenvalue weighted by molar-refractivity contribution is -0.123. The zero-order valence-electron chi connectivity index (χ0n) is 13.6. The summed E-state index contributed by atoms with van der Waals surface area (Å²) in [7, 11) is 0. The third-order valence-electron chi connectivity index (χ3n) is 3.47. The molecule has 0 unspecified atom stereocenters. The normalized spacial score (nSPS) is 10.8. The van der Waals surface area contributed by atoms with Crippen LogP contribution < -0.4 is 10.2 Å². The second-order valence-corrected chi connectivity index (χ2v) is 6.14. The van der Waals surface area contributed by atoms with Crippen LogP contribution in [-0.2, 0) is 4.79 Å². The Morgan fingerprint density at radius 3 is 2.62 bits per heavy atom. The summed E-state index contributed by atoms with van der Waals surface area (Å²) in [5.74, 6) is 0.0654. The van der Waals surface area contributed by atoms with E-state index in [4.69, 9.17) is 27.9 Å². The van der Waals surface area contributed by atoms with Crippen molar-refractivity contribution in [1.29, 1.82) is 0 Å². The molecule has 1 aromatic heterocycles. The molecule has 5 nitrogen and oxygen atoms in total. The monoisotopic (exact) mass is 387 g/mol. The van der Waals surface area contributed by atoms with E-state index in [1.807, 2.05) is 47.2 Å². The maximum Gasteiger partial charge on any atom is 0.277 e. The van der Waals surface area contributed by atoms with Crippen LogP contribution in [0.5, 0.6) is 5.75 Å². The Morgan fingerprint density at radius 1 is 1.08 bits per heavy atom. The van der Waals surface area contributed by atoms with Crippen molar-refractivity contribution in [3.05, 3.63) is 82.6 Å². The zero-order valence-corrected chi connectivity index (χ0v) is 15.1. The maximum atomic E-state index is 11.8. The first-order valence-electron chi connectivity index (χ1n) is 7.76. The summed E-state index contributed by atoms with van der Waals surface area (Å²) in [5.41, 5.74) is 4.17. The first kappa shape index (κ1) is 18.0. The van der Waals surface area contributed by atoms with Crippen molar-refractivity contribution < 1.29 is 9.53 Å². The van der Waals surface area contributed by atoms with E-state index in [2.05, 4.69) is 10.5 Å². The summed E-state index contributed by atoms with van der Waals surface area (Å²) in [6.07, 6.45) is 3.45. The molecule has 1 N–H and O–H groups in total. The smallest absolute Gasteiger partial charge is 0.277 e. The summed E-state index contributed by atoms with van der Waals surface area (Å²) in [6, 6.07) is 18.1. The number of halogens is 2. The standard InChI is InChI=1S/C19H15Cl2N3O2/c20-14-7-9-15(10-8-14)24-11-3-4-16(24)12-22-23-19(25)13-26-18-6-2-1-5-17(18)21/h1-12H,13H2,(H,23,25)/b22-12+. The molecule has 0 saturated heterocycles. The highest BCUT2D eigenvalue weighted by atomic mass is 35.5. The molecule has 0 radical (unpaired) electrons. The number of rotatable bonds is 6. The van der Waals surface area contributed by atoms with E-state index in [-0.39, 0.29) is 12.5 Å². The molecule has 7 heteroatoms. The lowest BCUT2D eigenvalue weighted by Crippen LogP contribution is -2.24. The third-order valence-corrected chi connectivity index (χ3v) is 4.03. The van der Waals surface area contributed by atoms with E-state index in [1.165, 1.54) is 0 Å². The molecular weight excluding hydrogens is 373 g/mol. The van der Waals surface area contributed by atoms with Crippen LogP contribution in [0.15, 0.2) is 72.0 Å². The van der Waals surface area contributed by atoms with E-state index >= 15 is 0 Å². The largest absolute Gasteiger partial charge is 0.482 e. The molecule has 0 saturated carbocycles. The molecule has 0 bridgehead atoms. The van der Waals surface area contributed by atoms with Gasteiger partial charge < -0.3 is 9.30 Å². The van der Waals surface area contributed by atoms with Gasteiger partial charge in [-0.05, 0) is 48.5 Å². The van der Waals surface area contributed by atoms with Crippen LogP contribution in [0, 0.1) is 0 Å². The predicted molar refractivity (Wildman–Crippen MR) is 103 cm³/mol. The number of nitrogens with zero attached hydrogens (tertiary/aromatic N) is 2. The topological polar surface area (TPSA) is 55.6 Å². The quantitative estimate of drug-likeness (QED) is 0.505. The Morgan fingerprint density at radius 2 is 1.85 bits per heavy atom.